The fourth-order valence-corrected chi connectivity index (χ4v) is 4.44. The summed E-state index contributed by atoms with van der Waals surface area (Å²) in [7, 11) is 0. The van der Waals surface area contributed by atoms with Crippen molar-refractivity contribution in [2.24, 2.45) is 0 Å². The van der Waals surface area contributed by atoms with Crippen molar-refractivity contribution in [1.29, 1.82) is 0 Å². The van der Waals surface area contributed by atoms with Crippen LogP contribution >= 0.6 is 24.0 Å². The van der Waals surface area contributed by atoms with Gasteiger partial charge >= 0.3 is 6.18 Å². The van der Waals surface area contributed by atoms with Gasteiger partial charge in [0.05, 0.1) is 10.5 Å². The molecule has 0 radical (unpaired) electrons. The summed E-state index contributed by atoms with van der Waals surface area (Å²) < 4.78 is 51.7. The minimum atomic E-state index is -4.47. The minimum absolute atomic E-state index is 0.0975. The van der Waals surface area contributed by atoms with E-state index in [-0.39, 0.29) is 29.7 Å². The van der Waals surface area contributed by atoms with E-state index in [1.165, 1.54) is 40.9 Å². The molecule has 3 rings (SSSR count). The first-order valence-corrected chi connectivity index (χ1v) is 11.3. The summed E-state index contributed by atoms with van der Waals surface area (Å²) in [4.78, 5) is 26.6. The number of carbonyl (C=O) groups is 2. The first-order chi connectivity index (χ1) is 15.6. The van der Waals surface area contributed by atoms with Crippen molar-refractivity contribution in [2.45, 2.75) is 31.9 Å². The molecular weight excluding hydrogens is 476 g/mol. The highest BCUT2D eigenvalue weighted by Crippen LogP contribution is 2.33. The third kappa shape index (κ3) is 7.13. The molecule has 4 nitrogen and oxygen atoms in total. The van der Waals surface area contributed by atoms with Crippen molar-refractivity contribution in [2.75, 3.05) is 11.9 Å². The zero-order valence-electron chi connectivity index (χ0n) is 17.3. The normalized spacial score (nSPS) is 15.4. The van der Waals surface area contributed by atoms with E-state index < -0.39 is 11.7 Å². The maximum atomic E-state index is 13.0. The highest BCUT2D eigenvalue weighted by molar-refractivity contribution is 8.26. The monoisotopic (exact) mass is 496 g/mol. The number of carbonyl (C=O) groups excluding carboxylic acids is 2. The molecule has 2 aromatic carbocycles. The summed E-state index contributed by atoms with van der Waals surface area (Å²) in [5, 5.41) is 2.47. The molecule has 1 saturated heterocycles. The van der Waals surface area contributed by atoms with Crippen molar-refractivity contribution in [3.8, 4) is 0 Å². The zero-order chi connectivity index (χ0) is 24.0. The number of thioether (sulfide) groups is 1. The number of amides is 2. The SMILES string of the molecule is O=C(CCCCCN1C(=O)/C(=C/c2ccc(F)cc2)SC1=S)Nc1cccc(C(F)(F)F)c1. The third-order valence-corrected chi connectivity index (χ3v) is 6.18. The van der Waals surface area contributed by atoms with Crippen LogP contribution in [0.5, 0.6) is 0 Å². The Bertz CT molecular complexity index is 1070. The van der Waals surface area contributed by atoms with E-state index in [4.69, 9.17) is 12.2 Å². The second-order valence-electron chi connectivity index (χ2n) is 7.32. The highest BCUT2D eigenvalue weighted by Gasteiger charge is 2.32. The van der Waals surface area contributed by atoms with Crippen LogP contribution < -0.4 is 5.32 Å². The van der Waals surface area contributed by atoms with Crippen molar-refractivity contribution < 1.29 is 27.2 Å². The molecule has 1 N–H and O–H groups in total. The standard InChI is InChI=1S/C23H20F4N2O2S2/c24-17-10-8-15(9-11-17)13-19-21(31)29(22(32)33-19)12-3-1-2-7-20(30)28-18-6-4-5-16(14-18)23(25,26)27/h4-6,8-11,13-14H,1-3,7,12H2,(H,28,30)/b19-13-. The second kappa shape index (κ2) is 10.9. The van der Waals surface area contributed by atoms with E-state index in [1.807, 2.05) is 0 Å². The maximum Gasteiger partial charge on any atom is 0.416 e. The number of nitrogens with one attached hydrogen (secondary N) is 1. The summed E-state index contributed by atoms with van der Waals surface area (Å²) in [6, 6.07) is 10.3. The molecule has 1 heterocycles. The van der Waals surface area contributed by atoms with E-state index in [2.05, 4.69) is 5.32 Å². The molecule has 0 saturated carbocycles. The van der Waals surface area contributed by atoms with Crippen LogP contribution in [0, 0.1) is 5.82 Å². The third-order valence-electron chi connectivity index (χ3n) is 4.80. The predicted molar refractivity (Wildman–Crippen MR) is 125 cm³/mol. The number of halogens is 4. The highest BCUT2D eigenvalue weighted by atomic mass is 32.2. The van der Waals surface area contributed by atoms with Gasteiger partial charge in [-0.25, -0.2) is 4.39 Å². The van der Waals surface area contributed by atoms with E-state index in [0.717, 1.165) is 12.1 Å². The molecule has 0 aliphatic carbocycles. The largest absolute Gasteiger partial charge is 0.416 e. The Labute approximate surface area is 198 Å². The van der Waals surface area contributed by atoms with E-state index >= 15 is 0 Å². The fourth-order valence-electron chi connectivity index (χ4n) is 3.13. The fraction of sp³-hybridized carbons (Fsp3) is 0.261. The lowest BCUT2D eigenvalue weighted by molar-refractivity contribution is -0.137. The smallest absolute Gasteiger partial charge is 0.326 e. The molecule has 0 bridgehead atoms. The van der Waals surface area contributed by atoms with Crippen LogP contribution in [-0.2, 0) is 15.8 Å². The number of rotatable bonds is 8. The summed E-state index contributed by atoms with van der Waals surface area (Å²) in [5.41, 5.74) is -0.0266. The van der Waals surface area contributed by atoms with Gasteiger partial charge in [-0.3, -0.25) is 14.5 Å². The number of anilines is 1. The Morgan fingerprint density at radius 1 is 1.09 bits per heavy atom. The van der Waals surface area contributed by atoms with Gasteiger partial charge in [0.2, 0.25) is 5.91 Å². The number of benzene rings is 2. The quantitative estimate of drug-likeness (QED) is 0.203. The van der Waals surface area contributed by atoms with E-state index in [1.54, 1.807) is 18.2 Å². The molecule has 0 unspecified atom stereocenters. The van der Waals surface area contributed by atoms with Crippen LogP contribution in [0.2, 0.25) is 0 Å². The van der Waals surface area contributed by atoms with Gasteiger partial charge in [-0.2, -0.15) is 13.2 Å². The molecule has 0 atom stereocenters. The Morgan fingerprint density at radius 3 is 2.52 bits per heavy atom. The molecule has 10 heteroatoms. The molecule has 1 aliphatic rings. The molecular formula is C23H20F4N2O2S2. The zero-order valence-corrected chi connectivity index (χ0v) is 19.0. The van der Waals surface area contributed by atoms with Crippen LogP contribution in [0.15, 0.2) is 53.4 Å². The Kier molecular flexibility index (Phi) is 8.25. The summed E-state index contributed by atoms with van der Waals surface area (Å²) in [6.07, 6.45) is -0.876. The Balaban J connectivity index is 1.42. The lowest BCUT2D eigenvalue weighted by Gasteiger charge is -2.14. The second-order valence-corrected chi connectivity index (χ2v) is 9.00. The van der Waals surface area contributed by atoms with Gasteiger partial charge in [0.25, 0.3) is 5.91 Å². The first kappa shape index (κ1) is 24.9. The molecule has 33 heavy (non-hydrogen) atoms. The van der Waals surface area contributed by atoms with Gasteiger partial charge in [-0.1, -0.05) is 48.6 Å². The van der Waals surface area contributed by atoms with Gasteiger partial charge in [0.15, 0.2) is 0 Å². The van der Waals surface area contributed by atoms with Gasteiger partial charge < -0.3 is 5.32 Å². The number of hydrogen-bond acceptors (Lipinski definition) is 4. The average Bonchev–Trinajstić information content (AvgIpc) is 3.02. The topological polar surface area (TPSA) is 49.4 Å². The van der Waals surface area contributed by atoms with Gasteiger partial charge in [-0.15, -0.1) is 0 Å². The van der Waals surface area contributed by atoms with E-state index in [9.17, 15) is 27.2 Å². The first-order valence-electron chi connectivity index (χ1n) is 10.1. The summed E-state index contributed by atoms with van der Waals surface area (Å²) >= 11 is 6.47. The lowest BCUT2D eigenvalue weighted by Crippen LogP contribution is -2.29. The van der Waals surface area contributed by atoms with Crippen molar-refractivity contribution in [3.05, 3.63) is 70.4 Å². The summed E-state index contributed by atoms with van der Waals surface area (Å²) in [6.45, 7) is 0.403. The number of unbranched alkanes of at least 4 members (excludes halogenated alkanes) is 2. The van der Waals surface area contributed by atoms with Crippen LogP contribution in [-0.4, -0.2) is 27.6 Å². The van der Waals surface area contributed by atoms with Crippen LogP contribution in [0.3, 0.4) is 0 Å². The minimum Gasteiger partial charge on any atom is -0.326 e. The predicted octanol–water partition coefficient (Wildman–Crippen LogP) is 6.24. The molecule has 2 aromatic rings. The van der Waals surface area contributed by atoms with Crippen LogP contribution in [0.1, 0.15) is 36.8 Å². The molecule has 0 aromatic heterocycles. The number of alkyl halides is 3. The number of hydrogen-bond donors (Lipinski definition) is 1. The lowest BCUT2D eigenvalue weighted by atomic mass is 10.1. The van der Waals surface area contributed by atoms with E-state index in [0.29, 0.717) is 40.6 Å². The Morgan fingerprint density at radius 2 is 1.82 bits per heavy atom. The molecule has 0 spiro atoms. The average molecular weight is 497 g/mol. The van der Waals surface area contributed by atoms with Crippen molar-refractivity contribution in [1.82, 2.24) is 4.90 Å². The van der Waals surface area contributed by atoms with Gasteiger partial charge in [0, 0.05) is 18.7 Å². The molecule has 2 amide bonds. The maximum absolute atomic E-state index is 13.0. The van der Waals surface area contributed by atoms with Gasteiger partial charge in [-0.05, 0) is 54.8 Å². The molecule has 174 valence electrons. The van der Waals surface area contributed by atoms with Gasteiger partial charge in [0.1, 0.15) is 10.1 Å². The molecule has 1 fully saturated rings. The van der Waals surface area contributed by atoms with Crippen LogP contribution in [0.4, 0.5) is 23.2 Å². The molecule has 1 aliphatic heterocycles. The van der Waals surface area contributed by atoms with Crippen molar-refractivity contribution >= 4 is 51.9 Å². The van der Waals surface area contributed by atoms with Crippen LogP contribution in [0.25, 0.3) is 6.08 Å². The number of thiocarbonyl (C=S) groups is 1. The summed E-state index contributed by atoms with van der Waals surface area (Å²) in [5.74, 6) is -0.943. The van der Waals surface area contributed by atoms with Crippen molar-refractivity contribution in [3.63, 3.8) is 0 Å². The number of nitrogens with zero attached hydrogens (tertiary/aromatic N) is 1. The Hall–Kier alpha value is -2.72.